The predicted molar refractivity (Wildman–Crippen MR) is 59.4 cm³/mol. The molecule has 4 nitrogen and oxygen atoms in total. The standard InChI is InChI=1S/C12H8FNO3/c13-9-3-1-7(2-4-9)8-5-10(12(16)17)11(15)14-6-8/h1-6H,(H,14,15)(H,16,17). The lowest BCUT2D eigenvalue weighted by Gasteiger charge is -2.02. The van der Waals surface area contributed by atoms with E-state index in [9.17, 15) is 14.0 Å². The molecule has 2 aromatic rings. The number of carbonyl (C=O) groups is 1. The zero-order chi connectivity index (χ0) is 12.4. The van der Waals surface area contributed by atoms with Gasteiger partial charge in [-0.25, -0.2) is 9.18 Å². The van der Waals surface area contributed by atoms with Crippen LogP contribution in [0.4, 0.5) is 4.39 Å². The van der Waals surface area contributed by atoms with Gasteiger partial charge in [0.25, 0.3) is 5.56 Å². The van der Waals surface area contributed by atoms with Crippen molar-refractivity contribution < 1.29 is 14.3 Å². The van der Waals surface area contributed by atoms with Gasteiger partial charge in [0.2, 0.25) is 0 Å². The molecule has 2 N–H and O–H groups in total. The maximum absolute atomic E-state index is 12.7. The van der Waals surface area contributed by atoms with Gasteiger partial charge in [0, 0.05) is 6.20 Å². The molecule has 17 heavy (non-hydrogen) atoms. The van der Waals surface area contributed by atoms with Crippen molar-refractivity contribution in [3.8, 4) is 11.1 Å². The minimum atomic E-state index is -1.30. The summed E-state index contributed by atoms with van der Waals surface area (Å²) in [5.74, 6) is -1.67. The molecular formula is C12H8FNO3. The van der Waals surface area contributed by atoms with Crippen molar-refractivity contribution >= 4 is 5.97 Å². The first-order valence-electron chi connectivity index (χ1n) is 4.80. The van der Waals surface area contributed by atoms with Crippen molar-refractivity contribution in [3.05, 3.63) is 58.3 Å². The Kier molecular flexibility index (Phi) is 2.74. The molecule has 0 radical (unpaired) electrons. The quantitative estimate of drug-likeness (QED) is 0.831. The summed E-state index contributed by atoms with van der Waals surface area (Å²) in [6, 6.07) is 6.80. The third-order valence-electron chi connectivity index (χ3n) is 2.31. The van der Waals surface area contributed by atoms with Gasteiger partial charge in [-0.1, -0.05) is 12.1 Å². The zero-order valence-corrected chi connectivity index (χ0v) is 8.61. The lowest BCUT2D eigenvalue weighted by atomic mass is 10.1. The Bertz CT molecular complexity index is 616. The van der Waals surface area contributed by atoms with Gasteiger partial charge in [0.15, 0.2) is 0 Å². The number of nitrogens with one attached hydrogen (secondary N) is 1. The highest BCUT2D eigenvalue weighted by Gasteiger charge is 2.10. The second-order valence-corrected chi connectivity index (χ2v) is 3.44. The second-order valence-electron chi connectivity index (χ2n) is 3.44. The van der Waals surface area contributed by atoms with Crippen LogP contribution in [0.2, 0.25) is 0 Å². The maximum Gasteiger partial charge on any atom is 0.341 e. The summed E-state index contributed by atoms with van der Waals surface area (Å²) >= 11 is 0. The third-order valence-corrected chi connectivity index (χ3v) is 2.31. The number of hydrogen-bond acceptors (Lipinski definition) is 2. The van der Waals surface area contributed by atoms with E-state index < -0.39 is 11.5 Å². The normalized spacial score (nSPS) is 10.2. The molecule has 0 saturated heterocycles. The van der Waals surface area contributed by atoms with Crippen LogP contribution < -0.4 is 5.56 Å². The van der Waals surface area contributed by atoms with Crippen LogP contribution in [0, 0.1) is 5.82 Å². The first-order valence-corrected chi connectivity index (χ1v) is 4.80. The lowest BCUT2D eigenvalue weighted by molar-refractivity contribution is 0.0695. The summed E-state index contributed by atoms with van der Waals surface area (Å²) in [4.78, 5) is 24.3. The number of H-pyrrole nitrogens is 1. The fraction of sp³-hybridized carbons (Fsp3) is 0. The van der Waals surface area contributed by atoms with Crippen LogP contribution in [0.5, 0.6) is 0 Å². The SMILES string of the molecule is O=C(O)c1cc(-c2ccc(F)cc2)c[nH]c1=O. The lowest BCUT2D eigenvalue weighted by Crippen LogP contribution is -2.16. The average Bonchev–Trinajstić information content (AvgIpc) is 2.30. The van der Waals surface area contributed by atoms with Crippen LogP contribution in [0.1, 0.15) is 10.4 Å². The van der Waals surface area contributed by atoms with Gasteiger partial charge < -0.3 is 10.1 Å². The van der Waals surface area contributed by atoms with Gasteiger partial charge in [-0.2, -0.15) is 0 Å². The molecule has 2 rings (SSSR count). The zero-order valence-electron chi connectivity index (χ0n) is 8.61. The summed E-state index contributed by atoms with van der Waals surface area (Å²) in [5, 5.41) is 8.80. The minimum Gasteiger partial charge on any atom is -0.477 e. The number of aromatic carboxylic acids is 1. The molecule has 1 aromatic carbocycles. The number of carboxylic acids is 1. The maximum atomic E-state index is 12.7. The predicted octanol–water partition coefficient (Wildman–Crippen LogP) is 1.88. The van der Waals surface area contributed by atoms with E-state index in [4.69, 9.17) is 5.11 Å². The molecule has 1 heterocycles. The van der Waals surface area contributed by atoms with E-state index in [0.29, 0.717) is 11.1 Å². The Labute approximate surface area is 95.4 Å². The molecule has 0 unspecified atom stereocenters. The van der Waals surface area contributed by atoms with Crippen molar-refractivity contribution in [2.75, 3.05) is 0 Å². The number of aromatic amines is 1. The largest absolute Gasteiger partial charge is 0.477 e. The molecule has 0 aliphatic rings. The molecule has 0 amide bonds. The van der Waals surface area contributed by atoms with Crippen LogP contribution in [0.3, 0.4) is 0 Å². The molecule has 0 atom stereocenters. The Morgan fingerprint density at radius 1 is 1.18 bits per heavy atom. The Balaban J connectivity index is 2.53. The Morgan fingerprint density at radius 2 is 1.82 bits per heavy atom. The number of halogens is 1. The van der Waals surface area contributed by atoms with E-state index in [-0.39, 0.29) is 11.4 Å². The minimum absolute atomic E-state index is 0.341. The van der Waals surface area contributed by atoms with E-state index in [2.05, 4.69) is 4.98 Å². The number of pyridine rings is 1. The molecule has 0 aliphatic heterocycles. The monoisotopic (exact) mass is 233 g/mol. The van der Waals surface area contributed by atoms with Crippen LogP contribution in [-0.2, 0) is 0 Å². The van der Waals surface area contributed by atoms with Crippen LogP contribution >= 0.6 is 0 Å². The average molecular weight is 233 g/mol. The van der Waals surface area contributed by atoms with Crippen molar-refractivity contribution in [2.24, 2.45) is 0 Å². The van der Waals surface area contributed by atoms with Gasteiger partial charge in [0.05, 0.1) is 0 Å². The van der Waals surface area contributed by atoms with Crippen LogP contribution in [0.25, 0.3) is 11.1 Å². The number of benzene rings is 1. The van der Waals surface area contributed by atoms with E-state index in [1.54, 1.807) is 0 Å². The number of rotatable bonds is 2. The number of carboxylic acid groups (broad SMARTS) is 1. The van der Waals surface area contributed by atoms with E-state index in [1.807, 2.05) is 0 Å². The fourth-order valence-electron chi connectivity index (χ4n) is 1.45. The van der Waals surface area contributed by atoms with Gasteiger partial charge in [0.1, 0.15) is 11.4 Å². The van der Waals surface area contributed by atoms with Gasteiger partial charge >= 0.3 is 5.97 Å². The summed E-state index contributed by atoms with van der Waals surface area (Å²) in [6.45, 7) is 0. The van der Waals surface area contributed by atoms with Crippen molar-refractivity contribution in [1.29, 1.82) is 0 Å². The van der Waals surface area contributed by atoms with Gasteiger partial charge in [-0.05, 0) is 29.3 Å². The first-order chi connectivity index (χ1) is 8.08. The summed E-state index contributed by atoms with van der Waals surface area (Å²) < 4.78 is 12.7. The molecule has 0 saturated carbocycles. The number of hydrogen-bond donors (Lipinski definition) is 2. The fourth-order valence-corrected chi connectivity index (χ4v) is 1.45. The second kappa shape index (κ2) is 4.21. The van der Waals surface area contributed by atoms with E-state index >= 15 is 0 Å². The highest BCUT2D eigenvalue weighted by Crippen LogP contribution is 2.18. The summed E-state index contributed by atoms with van der Waals surface area (Å²) in [5.41, 5.74) is 0.141. The smallest absolute Gasteiger partial charge is 0.341 e. The Hall–Kier alpha value is -2.43. The molecule has 1 aromatic heterocycles. The molecule has 86 valence electrons. The molecule has 0 aliphatic carbocycles. The number of aromatic nitrogens is 1. The van der Waals surface area contributed by atoms with Crippen LogP contribution in [0.15, 0.2) is 41.3 Å². The molecule has 5 heteroatoms. The molecule has 0 fully saturated rings. The summed E-state index contributed by atoms with van der Waals surface area (Å²) in [6.07, 6.45) is 1.39. The highest BCUT2D eigenvalue weighted by atomic mass is 19.1. The van der Waals surface area contributed by atoms with Crippen LogP contribution in [-0.4, -0.2) is 16.1 Å². The Morgan fingerprint density at radius 3 is 2.41 bits per heavy atom. The summed E-state index contributed by atoms with van der Waals surface area (Å²) in [7, 11) is 0. The topological polar surface area (TPSA) is 70.2 Å². The van der Waals surface area contributed by atoms with Crippen molar-refractivity contribution in [3.63, 3.8) is 0 Å². The highest BCUT2D eigenvalue weighted by molar-refractivity contribution is 5.88. The van der Waals surface area contributed by atoms with Crippen molar-refractivity contribution in [2.45, 2.75) is 0 Å². The molecular weight excluding hydrogens is 225 g/mol. The van der Waals surface area contributed by atoms with E-state index in [0.717, 1.165) is 0 Å². The molecule has 0 spiro atoms. The molecule has 0 bridgehead atoms. The van der Waals surface area contributed by atoms with Gasteiger partial charge in [-0.3, -0.25) is 4.79 Å². The third kappa shape index (κ3) is 2.23. The van der Waals surface area contributed by atoms with Gasteiger partial charge in [-0.15, -0.1) is 0 Å². The van der Waals surface area contributed by atoms with Crippen molar-refractivity contribution in [1.82, 2.24) is 4.98 Å². The van der Waals surface area contributed by atoms with E-state index in [1.165, 1.54) is 36.5 Å². The first kappa shape index (κ1) is 11.1.